The second kappa shape index (κ2) is 17.8. The Balaban J connectivity index is 1.15. The predicted octanol–water partition coefficient (Wildman–Crippen LogP) is 16.9. The van der Waals surface area contributed by atoms with Gasteiger partial charge in [0.05, 0.1) is 16.7 Å². The molecule has 0 spiro atoms. The standard InChI is InChI=1S/C63H43N5S/c1-3-5-21-41(4-2)61-65-62(44-26-14-8-15-27-44)67-63(66-61)52-39-46(57-48(42-22-10-6-11-23-42)31-20-32-49(57)43-24-12-7-13-25-43)40-64-60(52)45-34-36-55-51(38-45)59-56(69-55)37-35-54-58(59)50-30-18-19-33-53(50)68(54)47-28-16-9-17-29-47/h3-40H,2H2,1H3/b5-3-,41-21+. The molecule has 4 aromatic heterocycles. The highest BCUT2D eigenvalue weighted by Gasteiger charge is 2.23. The number of aromatic nitrogens is 5. The SMILES string of the molecule is C=C/C(=C\C=C/C)c1nc(-c2ccccc2)nc(-c2cc(-c3c(-c4ccccc4)cccc3-c3ccccc3)cnc2-c2ccc3sc4ccc5c(c6ccccc6n5-c5ccccc5)c4c3c2)n1. The molecule has 326 valence electrons. The van der Waals surface area contributed by atoms with Crippen LogP contribution in [0.25, 0.3) is 121 Å². The van der Waals surface area contributed by atoms with Gasteiger partial charge in [-0.15, -0.1) is 11.3 Å². The maximum Gasteiger partial charge on any atom is 0.166 e. The number of hydrogen-bond donors (Lipinski definition) is 0. The van der Waals surface area contributed by atoms with Crippen LogP contribution in [0.3, 0.4) is 0 Å². The van der Waals surface area contributed by atoms with Crippen LogP contribution < -0.4 is 0 Å². The van der Waals surface area contributed by atoms with Crippen LogP contribution in [-0.2, 0) is 0 Å². The molecule has 6 heteroatoms. The summed E-state index contributed by atoms with van der Waals surface area (Å²) < 4.78 is 4.83. The second-order valence-electron chi connectivity index (χ2n) is 16.9. The Labute approximate surface area is 404 Å². The fraction of sp³-hybridized carbons (Fsp3) is 0.0159. The van der Waals surface area contributed by atoms with E-state index in [9.17, 15) is 0 Å². The molecule has 0 unspecified atom stereocenters. The van der Waals surface area contributed by atoms with Crippen molar-refractivity contribution in [2.75, 3.05) is 0 Å². The lowest BCUT2D eigenvalue weighted by molar-refractivity contribution is 1.04. The Bertz CT molecular complexity index is 3910. The first kappa shape index (κ1) is 41.6. The molecule has 0 atom stereocenters. The van der Waals surface area contributed by atoms with Gasteiger partial charge in [0.1, 0.15) is 0 Å². The molecule has 0 fully saturated rings. The molecular weight excluding hydrogens is 859 g/mol. The predicted molar refractivity (Wildman–Crippen MR) is 290 cm³/mol. The van der Waals surface area contributed by atoms with Crippen molar-refractivity contribution in [3.05, 3.63) is 243 Å². The maximum atomic E-state index is 5.50. The number of benzene rings is 8. The third kappa shape index (κ3) is 7.44. The zero-order valence-corrected chi connectivity index (χ0v) is 38.6. The molecule has 0 saturated carbocycles. The van der Waals surface area contributed by atoms with E-state index in [0.717, 1.165) is 67.0 Å². The van der Waals surface area contributed by atoms with Gasteiger partial charge in [0, 0.05) is 70.7 Å². The molecule has 0 saturated heterocycles. The van der Waals surface area contributed by atoms with Crippen molar-refractivity contribution in [3.63, 3.8) is 0 Å². The fourth-order valence-electron chi connectivity index (χ4n) is 9.69. The van der Waals surface area contributed by atoms with Crippen LogP contribution in [0, 0.1) is 0 Å². The lowest BCUT2D eigenvalue weighted by Crippen LogP contribution is -2.04. The molecule has 0 radical (unpaired) electrons. The first-order valence-electron chi connectivity index (χ1n) is 23.1. The van der Waals surface area contributed by atoms with Gasteiger partial charge in [0.2, 0.25) is 0 Å². The average Bonchev–Trinajstić information content (AvgIpc) is 3.97. The van der Waals surface area contributed by atoms with E-state index in [2.05, 4.69) is 181 Å². The topological polar surface area (TPSA) is 56.5 Å². The summed E-state index contributed by atoms with van der Waals surface area (Å²) in [7, 11) is 0. The fourth-order valence-corrected chi connectivity index (χ4v) is 10.8. The van der Waals surface area contributed by atoms with E-state index in [0.29, 0.717) is 17.5 Å². The van der Waals surface area contributed by atoms with Crippen LogP contribution in [0.15, 0.2) is 237 Å². The molecular formula is C63H43N5S. The summed E-state index contributed by atoms with van der Waals surface area (Å²) in [5.41, 5.74) is 14.1. The summed E-state index contributed by atoms with van der Waals surface area (Å²) in [6, 6.07) is 70.8. The van der Waals surface area contributed by atoms with Gasteiger partial charge in [0.15, 0.2) is 17.5 Å². The third-order valence-corrected chi connectivity index (χ3v) is 14.0. The van der Waals surface area contributed by atoms with Crippen molar-refractivity contribution >= 4 is 58.9 Å². The summed E-state index contributed by atoms with van der Waals surface area (Å²) in [5, 5.41) is 4.87. The molecule has 69 heavy (non-hydrogen) atoms. The maximum absolute atomic E-state index is 5.50. The van der Waals surface area contributed by atoms with Crippen LogP contribution in [0.2, 0.25) is 0 Å². The highest BCUT2D eigenvalue weighted by Crippen LogP contribution is 2.46. The van der Waals surface area contributed by atoms with Gasteiger partial charge in [0.25, 0.3) is 0 Å². The smallest absolute Gasteiger partial charge is 0.166 e. The summed E-state index contributed by atoms with van der Waals surface area (Å²) in [4.78, 5) is 21.2. The number of hydrogen-bond acceptors (Lipinski definition) is 5. The van der Waals surface area contributed by atoms with Gasteiger partial charge in [-0.25, -0.2) is 15.0 Å². The summed E-state index contributed by atoms with van der Waals surface area (Å²) in [6.07, 6.45) is 9.79. The zero-order valence-electron chi connectivity index (χ0n) is 37.8. The van der Waals surface area contributed by atoms with E-state index in [1.807, 2.05) is 73.0 Å². The molecule has 0 aliphatic heterocycles. The quantitative estimate of drug-likeness (QED) is 0.128. The average molecular weight is 902 g/mol. The lowest BCUT2D eigenvalue weighted by Gasteiger charge is -2.18. The Kier molecular flexibility index (Phi) is 10.7. The van der Waals surface area contributed by atoms with Gasteiger partial charge in [-0.3, -0.25) is 4.98 Å². The Hall–Kier alpha value is -8.84. The second-order valence-corrected chi connectivity index (χ2v) is 18.0. The van der Waals surface area contributed by atoms with E-state index >= 15 is 0 Å². The highest BCUT2D eigenvalue weighted by molar-refractivity contribution is 7.26. The van der Waals surface area contributed by atoms with Crippen molar-refractivity contribution in [1.82, 2.24) is 24.5 Å². The van der Waals surface area contributed by atoms with Gasteiger partial charge >= 0.3 is 0 Å². The van der Waals surface area contributed by atoms with Crippen molar-refractivity contribution in [3.8, 4) is 73.1 Å². The van der Waals surface area contributed by atoms with Crippen molar-refractivity contribution in [2.24, 2.45) is 0 Å². The van der Waals surface area contributed by atoms with Crippen molar-refractivity contribution in [2.45, 2.75) is 6.92 Å². The minimum atomic E-state index is 0.512. The molecule has 8 aromatic carbocycles. The molecule has 5 nitrogen and oxygen atoms in total. The van der Waals surface area contributed by atoms with Crippen molar-refractivity contribution < 1.29 is 0 Å². The Morgan fingerprint density at radius 2 is 1.14 bits per heavy atom. The van der Waals surface area contributed by atoms with Crippen LogP contribution >= 0.6 is 11.3 Å². The molecule has 12 aromatic rings. The minimum absolute atomic E-state index is 0.512. The number of fused-ring (bicyclic) bond motifs is 7. The first-order chi connectivity index (χ1) is 34.1. The van der Waals surface area contributed by atoms with E-state index in [-0.39, 0.29) is 0 Å². The molecule has 12 rings (SSSR count). The zero-order chi connectivity index (χ0) is 46.3. The van der Waals surface area contributed by atoms with E-state index in [4.69, 9.17) is 19.9 Å². The first-order valence-corrected chi connectivity index (χ1v) is 23.9. The molecule has 0 N–H and O–H groups in total. The van der Waals surface area contributed by atoms with Gasteiger partial charge < -0.3 is 4.57 Å². The van der Waals surface area contributed by atoms with Crippen LogP contribution in [0.4, 0.5) is 0 Å². The number of para-hydroxylation sites is 2. The lowest BCUT2D eigenvalue weighted by atomic mass is 9.87. The Morgan fingerprint density at radius 3 is 1.84 bits per heavy atom. The van der Waals surface area contributed by atoms with Gasteiger partial charge in [-0.05, 0) is 83.3 Å². The number of rotatable bonds is 10. The van der Waals surface area contributed by atoms with Gasteiger partial charge in [-0.1, -0.05) is 183 Å². The molecule has 0 amide bonds. The summed E-state index contributed by atoms with van der Waals surface area (Å²) in [5.74, 6) is 1.60. The Morgan fingerprint density at radius 1 is 0.507 bits per heavy atom. The highest BCUT2D eigenvalue weighted by atomic mass is 32.1. The largest absolute Gasteiger partial charge is 0.309 e. The molecule has 0 bridgehead atoms. The summed E-state index contributed by atoms with van der Waals surface area (Å²) >= 11 is 1.82. The summed E-state index contributed by atoms with van der Waals surface area (Å²) in [6.45, 7) is 6.18. The number of pyridine rings is 1. The monoisotopic (exact) mass is 901 g/mol. The van der Waals surface area contributed by atoms with Gasteiger partial charge in [-0.2, -0.15) is 0 Å². The van der Waals surface area contributed by atoms with E-state index in [1.165, 1.54) is 42.0 Å². The molecule has 0 aliphatic rings. The number of thiophene rings is 1. The van der Waals surface area contributed by atoms with Crippen LogP contribution in [0.1, 0.15) is 12.7 Å². The number of nitrogens with zero attached hydrogens (tertiary/aromatic N) is 5. The van der Waals surface area contributed by atoms with Crippen LogP contribution in [-0.4, -0.2) is 24.5 Å². The molecule has 0 aliphatic carbocycles. The number of allylic oxidation sites excluding steroid dienone is 5. The molecule has 4 heterocycles. The van der Waals surface area contributed by atoms with Crippen molar-refractivity contribution in [1.29, 1.82) is 0 Å². The van der Waals surface area contributed by atoms with E-state index < -0.39 is 0 Å². The normalized spacial score (nSPS) is 11.9. The minimum Gasteiger partial charge on any atom is -0.309 e. The van der Waals surface area contributed by atoms with Crippen LogP contribution in [0.5, 0.6) is 0 Å². The van der Waals surface area contributed by atoms with E-state index in [1.54, 1.807) is 6.08 Å². The third-order valence-electron chi connectivity index (χ3n) is 12.8.